The van der Waals surface area contributed by atoms with Crippen LogP contribution in [-0.2, 0) is 20.0 Å². The Morgan fingerprint density at radius 1 is 1.05 bits per heavy atom. The highest BCUT2D eigenvalue weighted by Gasteiger charge is 2.20. The molecule has 0 fully saturated rings. The third-order valence-corrected chi connectivity index (χ3v) is 4.42. The quantitative estimate of drug-likeness (QED) is 0.699. The molecule has 10 heteroatoms. The van der Waals surface area contributed by atoms with Crippen molar-refractivity contribution in [2.45, 2.75) is 11.3 Å². The number of benzene rings is 1. The topological polar surface area (TPSA) is 92.3 Å². The lowest BCUT2D eigenvalue weighted by Gasteiger charge is -2.08. The molecule has 2 N–H and O–H groups in total. The van der Waals surface area contributed by atoms with Crippen LogP contribution in [-0.4, -0.2) is 36.2 Å². The van der Waals surface area contributed by atoms with Gasteiger partial charge in [-0.3, -0.25) is 0 Å². The van der Waals surface area contributed by atoms with E-state index in [2.05, 4.69) is 9.44 Å². The number of nitrogens with one attached hydrogen (secondary N) is 2. The van der Waals surface area contributed by atoms with Gasteiger partial charge in [-0.15, -0.1) is 0 Å². The molecule has 0 heterocycles. The second-order valence-corrected chi connectivity index (χ2v) is 7.54. The summed E-state index contributed by atoms with van der Waals surface area (Å²) in [6.07, 6.45) is 1.14. The summed E-state index contributed by atoms with van der Waals surface area (Å²) >= 11 is 0. The molecule has 6 nitrogen and oxygen atoms in total. The molecule has 114 valence electrons. The molecule has 0 unspecified atom stereocenters. The minimum absolute atomic E-state index is 0.0347. The van der Waals surface area contributed by atoms with Crippen molar-refractivity contribution in [2.24, 2.45) is 0 Å². The third kappa shape index (κ3) is 5.12. The lowest BCUT2D eigenvalue weighted by Crippen LogP contribution is -2.30. The van der Waals surface area contributed by atoms with Gasteiger partial charge in [-0.25, -0.2) is 35.1 Å². The van der Waals surface area contributed by atoms with E-state index in [4.69, 9.17) is 0 Å². The second kappa shape index (κ2) is 6.57. The van der Waals surface area contributed by atoms with Crippen LogP contribution in [0.15, 0.2) is 23.1 Å². The molecule has 0 bridgehead atoms. The van der Waals surface area contributed by atoms with Gasteiger partial charge in [0.05, 0.1) is 6.26 Å². The predicted molar refractivity (Wildman–Crippen MR) is 69.0 cm³/mol. The van der Waals surface area contributed by atoms with Crippen LogP contribution in [0, 0.1) is 11.6 Å². The summed E-state index contributed by atoms with van der Waals surface area (Å²) in [4.78, 5) is -0.784. The van der Waals surface area contributed by atoms with Crippen LogP contribution in [0.3, 0.4) is 0 Å². The zero-order chi connectivity index (χ0) is 15.4. The Labute approximate surface area is 116 Å². The standard InChI is InChI=1S/C10H14F2N2O4S2/c1-19(15,16)13-6-3-7-14-20(17,18)9-5-2-4-8(11)10(9)12/h2,4-5,13-14H,3,6-7H2,1H3. The van der Waals surface area contributed by atoms with E-state index in [-0.39, 0.29) is 19.5 Å². The zero-order valence-electron chi connectivity index (χ0n) is 10.6. The SMILES string of the molecule is CS(=O)(=O)NCCCNS(=O)(=O)c1cccc(F)c1F. The van der Waals surface area contributed by atoms with Crippen molar-refractivity contribution in [3.8, 4) is 0 Å². The predicted octanol–water partition coefficient (Wildman–Crippen LogP) is 0.182. The largest absolute Gasteiger partial charge is 0.243 e. The van der Waals surface area contributed by atoms with Gasteiger partial charge in [0.25, 0.3) is 0 Å². The molecule has 0 aliphatic heterocycles. The van der Waals surface area contributed by atoms with Gasteiger partial charge in [-0.05, 0) is 18.6 Å². The first kappa shape index (κ1) is 17.0. The van der Waals surface area contributed by atoms with Gasteiger partial charge in [0, 0.05) is 13.1 Å². The fourth-order valence-electron chi connectivity index (χ4n) is 1.32. The molecule has 1 rings (SSSR count). The van der Waals surface area contributed by atoms with Gasteiger partial charge in [0.15, 0.2) is 11.6 Å². The van der Waals surface area contributed by atoms with E-state index in [0.29, 0.717) is 0 Å². The van der Waals surface area contributed by atoms with Gasteiger partial charge in [-0.2, -0.15) is 0 Å². The maximum absolute atomic E-state index is 13.3. The van der Waals surface area contributed by atoms with E-state index < -0.39 is 36.6 Å². The molecule has 1 aromatic rings. The molecule has 20 heavy (non-hydrogen) atoms. The minimum Gasteiger partial charge on any atom is -0.215 e. The van der Waals surface area contributed by atoms with Gasteiger partial charge in [-0.1, -0.05) is 6.07 Å². The first-order valence-corrected chi connectivity index (χ1v) is 8.89. The van der Waals surface area contributed by atoms with Crippen LogP contribution >= 0.6 is 0 Å². The molecular weight excluding hydrogens is 314 g/mol. The Morgan fingerprint density at radius 2 is 1.65 bits per heavy atom. The molecule has 0 aliphatic rings. The summed E-state index contributed by atoms with van der Waals surface area (Å²) in [5.74, 6) is -2.71. The summed E-state index contributed by atoms with van der Waals surface area (Å²) in [6, 6.07) is 2.83. The van der Waals surface area contributed by atoms with Crippen LogP contribution in [0.25, 0.3) is 0 Å². The third-order valence-electron chi connectivity index (χ3n) is 2.22. The normalized spacial score (nSPS) is 12.6. The van der Waals surface area contributed by atoms with Crippen molar-refractivity contribution >= 4 is 20.0 Å². The average molecular weight is 328 g/mol. The van der Waals surface area contributed by atoms with Gasteiger partial charge in [0.2, 0.25) is 20.0 Å². The molecule has 0 aliphatic carbocycles. The molecule has 0 saturated heterocycles. The summed E-state index contributed by atoms with van der Waals surface area (Å²) in [5, 5.41) is 0. The Morgan fingerprint density at radius 3 is 2.25 bits per heavy atom. The summed E-state index contributed by atoms with van der Waals surface area (Å²) < 4.78 is 75.4. The van der Waals surface area contributed by atoms with Gasteiger partial charge in [0.1, 0.15) is 4.90 Å². The van der Waals surface area contributed by atoms with Crippen molar-refractivity contribution in [2.75, 3.05) is 19.3 Å². The van der Waals surface area contributed by atoms with Crippen LogP contribution < -0.4 is 9.44 Å². The highest BCUT2D eigenvalue weighted by molar-refractivity contribution is 7.89. The summed E-state index contributed by atoms with van der Waals surface area (Å²) in [6.45, 7) is -0.0756. The van der Waals surface area contributed by atoms with Crippen molar-refractivity contribution in [3.63, 3.8) is 0 Å². The first-order chi connectivity index (χ1) is 9.13. The Bertz CT molecular complexity index is 674. The van der Waals surface area contributed by atoms with E-state index in [1.165, 1.54) is 0 Å². The summed E-state index contributed by atoms with van der Waals surface area (Å²) in [7, 11) is -7.51. The van der Waals surface area contributed by atoms with Gasteiger partial charge < -0.3 is 0 Å². The van der Waals surface area contributed by atoms with E-state index in [9.17, 15) is 25.6 Å². The Kier molecular flexibility index (Phi) is 5.57. The van der Waals surface area contributed by atoms with Crippen LogP contribution in [0.5, 0.6) is 0 Å². The van der Waals surface area contributed by atoms with Crippen LogP contribution in [0.1, 0.15) is 6.42 Å². The lowest BCUT2D eigenvalue weighted by atomic mass is 10.3. The maximum Gasteiger partial charge on any atom is 0.243 e. The van der Waals surface area contributed by atoms with Crippen molar-refractivity contribution < 1.29 is 25.6 Å². The van der Waals surface area contributed by atoms with Crippen molar-refractivity contribution in [1.82, 2.24) is 9.44 Å². The Hall–Kier alpha value is -1.10. The fourth-order valence-corrected chi connectivity index (χ4v) is 3.00. The minimum atomic E-state index is -4.17. The molecule has 0 amide bonds. The first-order valence-electron chi connectivity index (χ1n) is 5.52. The number of hydrogen-bond acceptors (Lipinski definition) is 4. The molecule has 0 saturated carbocycles. The highest BCUT2D eigenvalue weighted by atomic mass is 32.2. The highest BCUT2D eigenvalue weighted by Crippen LogP contribution is 2.16. The smallest absolute Gasteiger partial charge is 0.215 e. The zero-order valence-corrected chi connectivity index (χ0v) is 12.2. The Balaban J connectivity index is 2.61. The fraction of sp³-hybridized carbons (Fsp3) is 0.400. The molecule has 0 aromatic heterocycles. The number of hydrogen-bond donors (Lipinski definition) is 2. The van der Waals surface area contributed by atoms with Crippen molar-refractivity contribution in [1.29, 1.82) is 0 Å². The monoisotopic (exact) mass is 328 g/mol. The number of rotatable bonds is 7. The van der Waals surface area contributed by atoms with E-state index in [0.717, 1.165) is 24.5 Å². The van der Waals surface area contributed by atoms with E-state index in [1.54, 1.807) is 0 Å². The van der Waals surface area contributed by atoms with E-state index in [1.807, 2.05) is 0 Å². The maximum atomic E-state index is 13.3. The molecule has 0 atom stereocenters. The van der Waals surface area contributed by atoms with Crippen LogP contribution in [0.2, 0.25) is 0 Å². The molecule has 1 aromatic carbocycles. The van der Waals surface area contributed by atoms with Gasteiger partial charge >= 0.3 is 0 Å². The van der Waals surface area contributed by atoms with Crippen LogP contribution in [0.4, 0.5) is 8.78 Å². The second-order valence-electron chi connectivity index (χ2n) is 3.97. The molecule has 0 spiro atoms. The molecule has 0 radical (unpaired) electrons. The lowest BCUT2D eigenvalue weighted by molar-refractivity contribution is 0.483. The average Bonchev–Trinajstić information content (AvgIpc) is 2.30. The number of sulfonamides is 2. The number of halogens is 2. The molecular formula is C10H14F2N2O4S2. The van der Waals surface area contributed by atoms with Crippen molar-refractivity contribution in [3.05, 3.63) is 29.8 Å². The van der Waals surface area contributed by atoms with E-state index >= 15 is 0 Å². The summed E-state index contributed by atoms with van der Waals surface area (Å²) in [5.41, 5.74) is 0.